The molecule has 1 aromatic heterocycles. The summed E-state index contributed by atoms with van der Waals surface area (Å²) in [6, 6.07) is 15.7. The average molecular weight is 309 g/mol. The van der Waals surface area contributed by atoms with E-state index in [9.17, 15) is 0 Å². The Morgan fingerprint density at radius 1 is 1.00 bits per heavy atom. The molecule has 0 unspecified atom stereocenters. The van der Waals surface area contributed by atoms with Gasteiger partial charge in [-0.3, -0.25) is 0 Å². The Kier molecular flexibility index (Phi) is 4.33. The molecule has 118 valence electrons. The van der Waals surface area contributed by atoms with Gasteiger partial charge in [-0.2, -0.15) is 0 Å². The molecule has 0 aliphatic rings. The summed E-state index contributed by atoms with van der Waals surface area (Å²) in [4.78, 5) is 0. The van der Waals surface area contributed by atoms with Crippen LogP contribution in [0.4, 0.5) is 0 Å². The lowest BCUT2D eigenvalue weighted by molar-refractivity contribution is 0.249. The highest BCUT2D eigenvalue weighted by Gasteiger charge is 2.11. The molecule has 0 spiro atoms. The number of methoxy groups -OCH3 is 1. The van der Waals surface area contributed by atoms with Gasteiger partial charge in [-0.1, -0.05) is 23.4 Å². The molecule has 0 radical (unpaired) electrons. The van der Waals surface area contributed by atoms with E-state index in [4.69, 9.17) is 14.0 Å². The van der Waals surface area contributed by atoms with Crippen molar-refractivity contribution < 1.29 is 14.0 Å². The number of hydrogen-bond acceptors (Lipinski definition) is 4. The first kappa shape index (κ1) is 15.2. The van der Waals surface area contributed by atoms with Crippen molar-refractivity contribution >= 4 is 0 Å². The van der Waals surface area contributed by atoms with Gasteiger partial charge in [0.05, 0.1) is 7.11 Å². The fraction of sp³-hybridized carbons (Fsp3) is 0.211. The van der Waals surface area contributed by atoms with Crippen molar-refractivity contribution in [3.63, 3.8) is 0 Å². The van der Waals surface area contributed by atoms with Gasteiger partial charge in [-0.25, -0.2) is 0 Å². The summed E-state index contributed by atoms with van der Waals surface area (Å²) in [5.74, 6) is 2.27. The number of nitrogens with zero attached hydrogens (tertiary/aromatic N) is 1. The molecular formula is C19H19NO3. The van der Waals surface area contributed by atoms with Gasteiger partial charge < -0.3 is 14.0 Å². The van der Waals surface area contributed by atoms with Gasteiger partial charge in [-0.15, -0.1) is 0 Å². The van der Waals surface area contributed by atoms with Crippen LogP contribution in [-0.2, 0) is 6.61 Å². The first-order chi connectivity index (χ1) is 11.2. The molecule has 0 amide bonds. The zero-order chi connectivity index (χ0) is 16.2. The van der Waals surface area contributed by atoms with Crippen molar-refractivity contribution in [2.75, 3.05) is 7.11 Å². The third-order valence-electron chi connectivity index (χ3n) is 3.52. The largest absolute Gasteiger partial charge is 0.496 e. The van der Waals surface area contributed by atoms with E-state index in [0.717, 1.165) is 22.8 Å². The minimum absolute atomic E-state index is 0.338. The van der Waals surface area contributed by atoms with Crippen LogP contribution in [0, 0.1) is 13.8 Å². The highest BCUT2D eigenvalue weighted by atomic mass is 16.5. The van der Waals surface area contributed by atoms with Gasteiger partial charge in [0.15, 0.2) is 5.76 Å². The minimum atomic E-state index is 0.338. The first-order valence-corrected chi connectivity index (χ1v) is 7.46. The molecule has 0 saturated heterocycles. The molecule has 2 aromatic carbocycles. The SMILES string of the molecule is COc1ccccc1-c1cc(COc2cc(C)cc(C)c2)on1. The van der Waals surface area contributed by atoms with E-state index < -0.39 is 0 Å². The van der Waals surface area contributed by atoms with Crippen LogP contribution in [0.1, 0.15) is 16.9 Å². The minimum Gasteiger partial charge on any atom is -0.496 e. The van der Waals surface area contributed by atoms with E-state index in [2.05, 4.69) is 11.2 Å². The molecule has 4 nitrogen and oxygen atoms in total. The van der Waals surface area contributed by atoms with Crippen molar-refractivity contribution in [1.29, 1.82) is 0 Å². The van der Waals surface area contributed by atoms with Crippen LogP contribution in [0.15, 0.2) is 53.1 Å². The summed E-state index contributed by atoms with van der Waals surface area (Å²) in [6.45, 7) is 4.44. The Morgan fingerprint density at radius 2 is 1.74 bits per heavy atom. The number of aryl methyl sites for hydroxylation is 2. The van der Waals surface area contributed by atoms with Crippen molar-refractivity contribution in [2.45, 2.75) is 20.5 Å². The van der Waals surface area contributed by atoms with Crippen molar-refractivity contribution in [1.82, 2.24) is 5.16 Å². The van der Waals surface area contributed by atoms with E-state index in [1.54, 1.807) is 7.11 Å². The molecule has 3 rings (SSSR count). The molecule has 23 heavy (non-hydrogen) atoms. The summed E-state index contributed by atoms with van der Waals surface area (Å²) in [6.07, 6.45) is 0. The predicted octanol–water partition coefficient (Wildman–Crippen LogP) is 4.55. The maximum Gasteiger partial charge on any atom is 0.174 e. The lowest BCUT2D eigenvalue weighted by Gasteiger charge is -2.06. The smallest absolute Gasteiger partial charge is 0.174 e. The van der Waals surface area contributed by atoms with E-state index in [1.165, 1.54) is 11.1 Å². The van der Waals surface area contributed by atoms with Gasteiger partial charge in [0.25, 0.3) is 0 Å². The lowest BCUT2D eigenvalue weighted by Crippen LogP contribution is -1.94. The lowest BCUT2D eigenvalue weighted by atomic mass is 10.1. The van der Waals surface area contributed by atoms with Crippen LogP contribution in [-0.4, -0.2) is 12.3 Å². The molecule has 4 heteroatoms. The third kappa shape index (κ3) is 3.54. The van der Waals surface area contributed by atoms with Gasteiger partial charge in [0.1, 0.15) is 23.8 Å². The first-order valence-electron chi connectivity index (χ1n) is 7.46. The molecule has 0 saturated carbocycles. The number of para-hydroxylation sites is 1. The Balaban J connectivity index is 1.75. The number of hydrogen-bond donors (Lipinski definition) is 0. The normalized spacial score (nSPS) is 10.6. The molecule has 3 aromatic rings. The third-order valence-corrected chi connectivity index (χ3v) is 3.52. The van der Waals surface area contributed by atoms with E-state index >= 15 is 0 Å². The molecule has 0 N–H and O–H groups in total. The van der Waals surface area contributed by atoms with Crippen LogP contribution >= 0.6 is 0 Å². The second kappa shape index (κ2) is 6.57. The molecule has 0 atom stereocenters. The summed E-state index contributed by atoms with van der Waals surface area (Å²) in [5.41, 5.74) is 3.98. The number of ether oxygens (including phenoxy) is 2. The fourth-order valence-corrected chi connectivity index (χ4v) is 2.53. The summed E-state index contributed by atoms with van der Waals surface area (Å²) < 4.78 is 16.5. The highest BCUT2D eigenvalue weighted by molar-refractivity contribution is 5.66. The van der Waals surface area contributed by atoms with Crippen LogP contribution in [0.2, 0.25) is 0 Å². The van der Waals surface area contributed by atoms with Gasteiger partial charge in [0.2, 0.25) is 0 Å². The number of rotatable bonds is 5. The molecular weight excluding hydrogens is 290 g/mol. The maximum atomic E-state index is 5.79. The van der Waals surface area contributed by atoms with E-state index in [0.29, 0.717) is 12.4 Å². The fourth-order valence-electron chi connectivity index (χ4n) is 2.53. The average Bonchev–Trinajstić information content (AvgIpc) is 3.01. The molecule has 0 bridgehead atoms. The summed E-state index contributed by atoms with van der Waals surface area (Å²) in [7, 11) is 1.64. The molecule has 1 heterocycles. The van der Waals surface area contributed by atoms with Crippen LogP contribution < -0.4 is 9.47 Å². The van der Waals surface area contributed by atoms with Gasteiger partial charge in [-0.05, 0) is 49.2 Å². The van der Waals surface area contributed by atoms with Crippen LogP contribution in [0.25, 0.3) is 11.3 Å². The standard InChI is InChI=1S/C19H19NO3/c1-13-8-14(2)10-15(9-13)22-12-16-11-18(20-23-16)17-6-4-5-7-19(17)21-3/h4-11H,12H2,1-3H3. The molecule has 0 fully saturated rings. The van der Waals surface area contributed by atoms with Crippen molar-refractivity contribution in [2.24, 2.45) is 0 Å². The topological polar surface area (TPSA) is 44.5 Å². The zero-order valence-electron chi connectivity index (χ0n) is 13.5. The van der Waals surface area contributed by atoms with Crippen LogP contribution in [0.5, 0.6) is 11.5 Å². The molecule has 0 aliphatic carbocycles. The van der Waals surface area contributed by atoms with Crippen LogP contribution in [0.3, 0.4) is 0 Å². The van der Waals surface area contributed by atoms with Crippen molar-refractivity contribution in [3.05, 3.63) is 65.4 Å². The number of benzene rings is 2. The highest BCUT2D eigenvalue weighted by Crippen LogP contribution is 2.29. The summed E-state index contributed by atoms with van der Waals surface area (Å²) >= 11 is 0. The van der Waals surface area contributed by atoms with E-state index in [1.807, 2.05) is 56.3 Å². The van der Waals surface area contributed by atoms with Crippen molar-refractivity contribution in [3.8, 4) is 22.8 Å². The Labute approximate surface area is 135 Å². The Morgan fingerprint density at radius 3 is 2.48 bits per heavy atom. The van der Waals surface area contributed by atoms with Gasteiger partial charge in [0, 0.05) is 11.6 Å². The second-order valence-electron chi connectivity index (χ2n) is 5.49. The Hall–Kier alpha value is -2.75. The number of aromatic nitrogens is 1. The Bertz CT molecular complexity index is 788. The second-order valence-corrected chi connectivity index (χ2v) is 5.49. The quantitative estimate of drug-likeness (QED) is 0.694. The van der Waals surface area contributed by atoms with E-state index in [-0.39, 0.29) is 0 Å². The monoisotopic (exact) mass is 309 g/mol. The van der Waals surface area contributed by atoms with Gasteiger partial charge >= 0.3 is 0 Å². The zero-order valence-corrected chi connectivity index (χ0v) is 13.5. The summed E-state index contributed by atoms with van der Waals surface area (Å²) in [5, 5.41) is 4.11. The maximum absolute atomic E-state index is 5.79. The predicted molar refractivity (Wildman–Crippen MR) is 88.7 cm³/mol. The molecule has 0 aliphatic heterocycles.